The van der Waals surface area contributed by atoms with E-state index >= 15 is 0 Å². The van der Waals surface area contributed by atoms with Gasteiger partial charge in [-0.3, -0.25) is 0 Å². The van der Waals surface area contributed by atoms with Crippen LogP contribution in [-0.2, 0) is 15.1 Å². The minimum absolute atomic E-state index is 0.0585. The molecule has 3 heteroatoms. The minimum atomic E-state index is -0.703. The second-order valence-corrected chi connectivity index (χ2v) is 14.5. The molecule has 0 N–H and O–H groups in total. The summed E-state index contributed by atoms with van der Waals surface area (Å²) >= 11 is 2.05. The Morgan fingerprint density at radius 1 is 0.489 bits per heavy atom. The molecule has 0 aliphatic heterocycles. The lowest BCUT2D eigenvalue weighted by Gasteiger charge is -2.37. The van der Waals surface area contributed by atoms with Crippen LogP contribution < -0.4 is 0 Å². The quantitative estimate of drug-likeness (QED) is 0.0546. The highest BCUT2D eigenvalue weighted by Gasteiger charge is 2.38. The van der Waals surface area contributed by atoms with Gasteiger partial charge in [-0.15, -0.1) is 0 Å². The van der Waals surface area contributed by atoms with Crippen LogP contribution in [0.5, 0.6) is 0 Å². The largest absolute Gasteiger partial charge is 0.375 e. The van der Waals surface area contributed by atoms with E-state index in [4.69, 9.17) is 9.47 Å². The van der Waals surface area contributed by atoms with Crippen molar-refractivity contribution in [3.05, 3.63) is 108 Å². The molecule has 0 saturated carbocycles. The van der Waals surface area contributed by atoms with E-state index in [1.807, 2.05) is 0 Å². The Hall–Kier alpha value is -2.07. The van der Waals surface area contributed by atoms with Crippen molar-refractivity contribution in [2.45, 2.75) is 141 Å². The molecule has 0 aromatic heterocycles. The molecule has 0 aliphatic rings. The van der Waals surface area contributed by atoms with Gasteiger partial charge in [0.15, 0.2) is 0 Å². The van der Waals surface area contributed by atoms with E-state index in [2.05, 4.69) is 117 Å². The predicted molar refractivity (Wildman–Crippen MR) is 207 cm³/mol. The fraction of sp³-hybridized carbons (Fsp3) is 0.591. The summed E-state index contributed by atoms with van der Waals surface area (Å²) in [6.07, 6.45) is 24.4. The molecule has 260 valence electrons. The first-order valence-corrected chi connectivity index (χ1v) is 20.5. The van der Waals surface area contributed by atoms with Gasteiger partial charge in [-0.1, -0.05) is 208 Å². The minimum Gasteiger partial charge on any atom is -0.375 e. The van der Waals surface area contributed by atoms with Crippen LogP contribution in [0.4, 0.5) is 0 Å². The fourth-order valence-electron chi connectivity index (χ4n) is 6.52. The third-order valence-corrected chi connectivity index (χ3v) is 10.5. The standard InChI is InChI=1S/C44H66O2S/c1-3-5-7-9-11-13-14-16-18-29-37-47-39-43(45-36-28-17-15-12-10-8-6-4-2)38-46-44(40-30-22-19-23-31-40,41-32-24-20-25-33-41)42-34-26-21-27-35-42/h19-27,30-35,43H,3-18,28-29,36-39H2,1-2H3. The van der Waals surface area contributed by atoms with Crippen LogP contribution in [0.15, 0.2) is 91.0 Å². The predicted octanol–water partition coefficient (Wildman–Crippen LogP) is 13.2. The van der Waals surface area contributed by atoms with Gasteiger partial charge in [0, 0.05) is 12.4 Å². The van der Waals surface area contributed by atoms with E-state index in [9.17, 15) is 0 Å². The zero-order valence-corrected chi connectivity index (χ0v) is 30.8. The molecular formula is C44H66O2S. The van der Waals surface area contributed by atoms with Crippen molar-refractivity contribution in [2.24, 2.45) is 0 Å². The van der Waals surface area contributed by atoms with Gasteiger partial charge in [0.25, 0.3) is 0 Å². The normalized spacial score (nSPS) is 12.4. The van der Waals surface area contributed by atoms with Crippen molar-refractivity contribution in [1.82, 2.24) is 0 Å². The van der Waals surface area contributed by atoms with Gasteiger partial charge in [-0.05, 0) is 35.3 Å². The monoisotopic (exact) mass is 658 g/mol. The zero-order valence-electron chi connectivity index (χ0n) is 30.0. The summed E-state index contributed by atoms with van der Waals surface area (Å²) in [5.41, 5.74) is 2.75. The van der Waals surface area contributed by atoms with Crippen molar-refractivity contribution in [2.75, 3.05) is 24.7 Å². The van der Waals surface area contributed by atoms with Crippen molar-refractivity contribution in [1.29, 1.82) is 0 Å². The van der Waals surface area contributed by atoms with Gasteiger partial charge in [0.2, 0.25) is 0 Å². The molecule has 0 aliphatic carbocycles. The van der Waals surface area contributed by atoms with E-state index in [0.717, 1.165) is 35.5 Å². The number of unbranched alkanes of at least 4 members (excludes halogenated alkanes) is 16. The van der Waals surface area contributed by atoms with Crippen LogP contribution in [0.3, 0.4) is 0 Å². The van der Waals surface area contributed by atoms with Crippen LogP contribution >= 0.6 is 11.8 Å². The lowest BCUT2D eigenvalue weighted by atomic mass is 9.80. The number of thioether (sulfide) groups is 1. The lowest BCUT2D eigenvalue weighted by molar-refractivity contribution is -0.0570. The topological polar surface area (TPSA) is 18.5 Å². The van der Waals surface area contributed by atoms with Gasteiger partial charge < -0.3 is 9.47 Å². The summed E-state index contributed by atoms with van der Waals surface area (Å²) in [5, 5.41) is 0. The summed E-state index contributed by atoms with van der Waals surface area (Å²) < 4.78 is 13.8. The smallest absolute Gasteiger partial charge is 0.143 e. The molecule has 0 saturated heterocycles. The average Bonchev–Trinajstić information content (AvgIpc) is 3.12. The summed E-state index contributed by atoms with van der Waals surface area (Å²) in [5.74, 6) is 2.18. The number of hydrogen-bond donors (Lipinski definition) is 0. The molecule has 47 heavy (non-hydrogen) atoms. The number of ether oxygens (including phenoxy) is 2. The first-order chi connectivity index (χ1) is 23.3. The number of benzene rings is 3. The molecule has 1 unspecified atom stereocenters. The third kappa shape index (κ3) is 15.4. The van der Waals surface area contributed by atoms with Gasteiger partial charge in [0.05, 0.1) is 12.7 Å². The van der Waals surface area contributed by atoms with E-state index < -0.39 is 5.60 Å². The van der Waals surface area contributed by atoms with E-state index in [-0.39, 0.29) is 6.10 Å². The SMILES string of the molecule is CCCCCCCCCCCCSCC(COC(c1ccccc1)(c1ccccc1)c1ccccc1)OCCCCCCCCCC. The maximum Gasteiger partial charge on any atom is 0.143 e. The van der Waals surface area contributed by atoms with Crippen LogP contribution in [-0.4, -0.2) is 30.8 Å². The highest BCUT2D eigenvalue weighted by Crippen LogP contribution is 2.40. The molecule has 0 radical (unpaired) electrons. The number of rotatable bonds is 29. The van der Waals surface area contributed by atoms with Crippen LogP contribution in [0.25, 0.3) is 0 Å². The molecule has 3 aromatic carbocycles. The van der Waals surface area contributed by atoms with Crippen molar-refractivity contribution < 1.29 is 9.47 Å². The molecule has 0 heterocycles. The summed E-state index contributed by atoms with van der Waals surface area (Å²) in [7, 11) is 0. The van der Waals surface area contributed by atoms with E-state index in [1.165, 1.54) is 115 Å². The molecule has 0 amide bonds. The second kappa shape index (κ2) is 25.9. The van der Waals surface area contributed by atoms with Gasteiger partial charge >= 0.3 is 0 Å². The average molecular weight is 659 g/mol. The van der Waals surface area contributed by atoms with Crippen molar-refractivity contribution >= 4 is 11.8 Å². The maximum atomic E-state index is 7.20. The molecule has 1 atom stereocenters. The van der Waals surface area contributed by atoms with Gasteiger partial charge in [0.1, 0.15) is 5.60 Å². The lowest BCUT2D eigenvalue weighted by Crippen LogP contribution is -2.37. The third-order valence-electron chi connectivity index (χ3n) is 9.32. The van der Waals surface area contributed by atoms with E-state index in [0.29, 0.717) is 6.61 Å². The highest BCUT2D eigenvalue weighted by molar-refractivity contribution is 7.99. The maximum absolute atomic E-state index is 7.20. The Bertz CT molecular complexity index is 1010. The summed E-state index contributed by atoms with van der Waals surface area (Å²) in [4.78, 5) is 0. The van der Waals surface area contributed by atoms with Crippen LogP contribution in [0.2, 0.25) is 0 Å². The summed E-state index contributed by atoms with van der Waals surface area (Å²) in [6.45, 7) is 5.96. The van der Waals surface area contributed by atoms with Crippen molar-refractivity contribution in [3.8, 4) is 0 Å². The van der Waals surface area contributed by atoms with Crippen LogP contribution in [0, 0.1) is 0 Å². The van der Waals surface area contributed by atoms with Crippen LogP contribution in [0.1, 0.15) is 146 Å². The molecule has 2 nitrogen and oxygen atoms in total. The number of hydrogen-bond acceptors (Lipinski definition) is 3. The molecule has 0 fully saturated rings. The Balaban J connectivity index is 1.60. The fourth-order valence-corrected chi connectivity index (χ4v) is 7.55. The van der Waals surface area contributed by atoms with E-state index in [1.54, 1.807) is 0 Å². The zero-order chi connectivity index (χ0) is 33.1. The molecule has 3 rings (SSSR count). The van der Waals surface area contributed by atoms with Gasteiger partial charge in [-0.25, -0.2) is 0 Å². The Labute approximate surface area is 293 Å². The molecular weight excluding hydrogens is 593 g/mol. The van der Waals surface area contributed by atoms with Gasteiger partial charge in [-0.2, -0.15) is 11.8 Å². The van der Waals surface area contributed by atoms with Crippen molar-refractivity contribution in [3.63, 3.8) is 0 Å². The Kier molecular flexibility index (Phi) is 21.7. The first-order valence-electron chi connectivity index (χ1n) is 19.3. The molecule has 0 bridgehead atoms. The highest BCUT2D eigenvalue weighted by atomic mass is 32.2. The first kappa shape index (κ1) is 39.4. The Morgan fingerprint density at radius 2 is 0.872 bits per heavy atom. The Morgan fingerprint density at radius 3 is 1.30 bits per heavy atom. The molecule has 3 aromatic rings. The summed E-state index contributed by atoms with van der Waals surface area (Å²) in [6, 6.07) is 32.2. The second-order valence-electron chi connectivity index (χ2n) is 13.3. The molecule has 0 spiro atoms.